The van der Waals surface area contributed by atoms with E-state index in [1.807, 2.05) is 0 Å². The van der Waals surface area contributed by atoms with E-state index in [0.717, 1.165) is 24.3 Å². The molecule has 3 aromatic carbocycles. The monoisotopic (exact) mass is 933 g/mol. The minimum atomic E-state index is -2.01. The predicted octanol–water partition coefficient (Wildman–Crippen LogP) is -1.31. The van der Waals surface area contributed by atoms with Crippen LogP contribution in [0.1, 0.15) is 12.5 Å². The van der Waals surface area contributed by atoms with Crippen LogP contribution in [0, 0.1) is 0 Å². The normalized spacial score (nSPS) is 32.6. The van der Waals surface area contributed by atoms with Gasteiger partial charge in [0, 0.05) is 30.3 Å². The molecule has 0 aliphatic carbocycles. The molecular formula is C43H49O23+. The summed E-state index contributed by atoms with van der Waals surface area (Å²) < 4.78 is 51.3. The molecule has 66 heavy (non-hydrogen) atoms. The number of carbonyl (C=O) groups excluding carboxylic acids is 1. The van der Waals surface area contributed by atoms with Crippen LogP contribution in [-0.4, -0.2) is 185 Å². The highest BCUT2D eigenvalue weighted by atomic mass is 16.7. The van der Waals surface area contributed by atoms with E-state index in [1.54, 1.807) is 12.1 Å². The van der Waals surface area contributed by atoms with Gasteiger partial charge >= 0.3 is 17.3 Å². The van der Waals surface area contributed by atoms with Gasteiger partial charge in [0.25, 0.3) is 0 Å². The van der Waals surface area contributed by atoms with E-state index in [4.69, 9.17) is 42.3 Å². The lowest BCUT2D eigenvalue weighted by Crippen LogP contribution is -2.62. The summed E-state index contributed by atoms with van der Waals surface area (Å²) in [7, 11) is 1.20. The number of methoxy groups -OCH3 is 1. The summed E-state index contributed by atoms with van der Waals surface area (Å²) >= 11 is 0. The number of hydrogen-bond acceptors (Lipinski definition) is 22. The first kappa shape index (κ1) is 48.3. The van der Waals surface area contributed by atoms with Gasteiger partial charge in [0.1, 0.15) is 83.7 Å². The van der Waals surface area contributed by atoms with Crippen molar-refractivity contribution in [1.29, 1.82) is 0 Å². The van der Waals surface area contributed by atoms with Gasteiger partial charge in [-0.2, -0.15) is 0 Å². The van der Waals surface area contributed by atoms with E-state index < -0.39 is 129 Å². The third kappa shape index (κ3) is 10.0. The zero-order chi connectivity index (χ0) is 47.7. The zero-order valence-electron chi connectivity index (χ0n) is 34.8. The Bertz CT molecular complexity index is 2360. The minimum absolute atomic E-state index is 0.0232. The third-order valence-corrected chi connectivity index (χ3v) is 11.1. The number of ether oxygens (including phenoxy) is 8. The van der Waals surface area contributed by atoms with Crippen molar-refractivity contribution in [3.05, 3.63) is 66.2 Å². The summed E-state index contributed by atoms with van der Waals surface area (Å²) in [5.74, 6) is -3.85. The number of aliphatic hydroxyl groups excluding tert-OH is 9. The Hall–Kier alpha value is -5.64. The van der Waals surface area contributed by atoms with Gasteiger partial charge in [-0.1, -0.05) is 12.1 Å². The van der Waals surface area contributed by atoms with Gasteiger partial charge in [0.15, 0.2) is 23.9 Å². The number of carbonyl (C=O) groups is 1. The van der Waals surface area contributed by atoms with E-state index in [2.05, 4.69) is 0 Å². The van der Waals surface area contributed by atoms with Crippen LogP contribution in [0.25, 0.3) is 28.4 Å². The highest BCUT2D eigenvalue weighted by molar-refractivity contribution is 5.89. The molecule has 0 spiro atoms. The number of phenolic OH excluding ortho intramolecular Hbond substituents is 4. The number of rotatable bonds is 13. The molecule has 1 aromatic heterocycles. The molecule has 3 saturated heterocycles. The quantitative estimate of drug-likeness (QED) is 0.0320. The number of esters is 1. The fourth-order valence-corrected chi connectivity index (χ4v) is 7.42. The van der Waals surface area contributed by atoms with Crippen LogP contribution in [0.4, 0.5) is 0 Å². The Morgan fingerprint density at radius 3 is 1.95 bits per heavy atom. The fraction of sp³-hybridized carbons (Fsp3) is 0.442. The number of fused-ring (bicyclic) bond motifs is 1. The second-order valence-electron chi connectivity index (χ2n) is 15.6. The molecule has 3 aliphatic rings. The summed E-state index contributed by atoms with van der Waals surface area (Å²) in [5.41, 5.74) is 0.350. The molecule has 0 saturated carbocycles. The van der Waals surface area contributed by atoms with Crippen molar-refractivity contribution in [3.63, 3.8) is 0 Å². The average molecular weight is 934 g/mol. The van der Waals surface area contributed by atoms with Crippen molar-refractivity contribution in [1.82, 2.24) is 0 Å². The first-order valence-corrected chi connectivity index (χ1v) is 20.3. The maximum Gasteiger partial charge on any atom is 0.402 e. The van der Waals surface area contributed by atoms with E-state index >= 15 is 0 Å². The van der Waals surface area contributed by atoms with Gasteiger partial charge in [-0.25, -0.2) is 9.21 Å². The largest absolute Gasteiger partial charge is 0.508 e. The molecule has 3 fully saturated rings. The van der Waals surface area contributed by atoms with Crippen molar-refractivity contribution in [2.75, 3.05) is 20.3 Å². The summed E-state index contributed by atoms with van der Waals surface area (Å²) in [5, 5.41) is 137. The average Bonchev–Trinajstić information content (AvgIpc) is 3.29. The van der Waals surface area contributed by atoms with E-state index in [-0.39, 0.29) is 45.3 Å². The Morgan fingerprint density at radius 1 is 0.682 bits per heavy atom. The van der Waals surface area contributed by atoms with E-state index in [1.165, 1.54) is 44.4 Å². The molecule has 0 unspecified atom stereocenters. The van der Waals surface area contributed by atoms with Gasteiger partial charge in [0.2, 0.25) is 24.1 Å². The molecule has 7 rings (SSSR count). The SMILES string of the molecule is COc1cc(-c2[o+]c3cc(O)cc(O[C@@H]4O[C@H](CO)[C@@H](O)[C@H](O)[C@H]4O)c3cc2O[C@@H]2O[C@H](CO[C@H]3O[C@@H](C)[C@H](OC(=O)C=Cc4ccc(O)cc4)[C@@H](O)[C@H]3O)[C@@H](O)[C@H](O)[C@H]2O)cc(O)c1O. The van der Waals surface area contributed by atoms with Crippen molar-refractivity contribution in [3.8, 4) is 51.6 Å². The third-order valence-electron chi connectivity index (χ3n) is 11.1. The fourth-order valence-electron chi connectivity index (χ4n) is 7.42. The number of aliphatic hydroxyl groups is 9. The van der Waals surface area contributed by atoms with Gasteiger partial charge in [0.05, 0.1) is 38.1 Å². The Labute approximate surface area is 373 Å². The lowest BCUT2D eigenvalue weighted by atomic mass is 9.98. The van der Waals surface area contributed by atoms with Crippen LogP contribution in [-0.2, 0) is 28.5 Å². The molecule has 0 amide bonds. The zero-order valence-corrected chi connectivity index (χ0v) is 34.8. The molecule has 0 radical (unpaired) electrons. The molecule has 358 valence electrons. The van der Waals surface area contributed by atoms with Crippen LogP contribution >= 0.6 is 0 Å². The van der Waals surface area contributed by atoms with Gasteiger partial charge in [-0.05, 0) is 30.7 Å². The number of hydrogen-bond donors (Lipinski definition) is 13. The molecule has 4 heterocycles. The lowest BCUT2D eigenvalue weighted by Gasteiger charge is -2.42. The van der Waals surface area contributed by atoms with Gasteiger partial charge in [-0.3, -0.25) is 0 Å². The second kappa shape index (κ2) is 20.1. The summed E-state index contributed by atoms with van der Waals surface area (Å²) in [6, 6.07) is 11.6. The van der Waals surface area contributed by atoms with Crippen molar-refractivity contribution < 1.29 is 113 Å². The molecule has 23 nitrogen and oxygen atoms in total. The summed E-state index contributed by atoms with van der Waals surface area (Å²) in [6.07, 6.45) is -23.0. The smallest absolute Gasteiger partial charge is 0.402 e. The summed E-state index contributed by atoms with van der Waals surface area (Å²) in [4.78, 5) is 12.6. The van der Waals surface area contributed by atoms with Gasteiger partial charge in [-0.15, -0.1) is 0 Å². The molecule has 15 atom stereocenters. The second-order valence-corrected chi connectivity index (χ2v) is 15.6. The number of benzene rings is 3. The highest BCUT2D eigenvalue weighted by Crippen LogP contribution is 2.46. The first-order chi connectivity index (χ1) is 31.4. The maximum atomic E-state index is 12.6. The predicted molar refractivity (Wildman–Crippen MR) is 219 cm³/mol. The molecule has 4 aromatic rings. The summed E-state index contributed by atoms with van der Waals surface area (Å²) in [6.45, 7) is -0.0302. The van der Waals surface area contributed by atoms with E-state index in [0.29, 0.717) is 5.56 Å². The van der Waals surface area contributed by atoms with Crippen LogP contribution < -0.4 is 14.2 Å². The van der Waals surface area contributed by atoms with Crippen LogP contribution in [0.2, 0.25) is 0 Å². The number of phenols is 4. The van der Waals surface area contributed by atoms with Crippen molar-refractivity contribution in [2.24, 2.45) is 0 Å². The lowest BCUT2D eigenvalue weighted by molar-refractivity contribution is -0.319. The van der Waals surface area contributed by atoms with Crippen molar-refractivity contribution in [2.45, 2.75) is 99.0 Å². The molecule has 23 heteroatoms. The minimum Gasteiger partial charge on any atom is -0.508 e. The van der Waals surface area contributed by atoms with Crippen molar-refractivity contribution >= 4 is 23.0 Å². The van der Waals surface area contributed by atoms with Gasteiger partial charge < -0.3 is 104 Å². The standard InChI is InChI=1S/C43H48O23/c1-16-39(66-29(48)8-5-17-3-6-19(45)7-4-17)35(54)38(57)41(60-16)59-15-28-32(51)34(53)37(56)43(65-28)63-26-13-21-23(61-40(26)18-9-22(47)30(49)25(10-18)58-2)11-20(46)12-24(21)62-42-36(55)33(52)31(50)27(14-44)64-42/h3-13,16,27-28,31-39,41-44,50-57H,14-15H2,1-2H3,(H3-,45,46,47,48,49)/p+1/t16-,27+,28+,31+,32+,33-,34-,35-,36+,37+,38+,39-,41-,42+,43+/m0/s1. The Kier molecular flexibility index (Phi) is 14.7. The molecule has 13 N–H and O–H groups in total. The Morgan fingerprint density at radius 2 is 1.30 bits per heavy atom. The highest BCUT2D eigenvalue weighted by Gasteiger charge is 2.50. The maximum absolute atomic E-state index is 12.6. The topological polar surface area (TPSA) is 365 Å². The van der Waals surface area contributed by atoms with Crippen LogP contribution in [0.5, 0.6) is 40.2 Å². The molecular weight excluding hydrogens is 884 g/mol. The Balaban J connectivity index is 1.13. The van der Waals surface area contributed by atoms with Crippen LogP contribution in [0.3, 0.4) is 0 Å². The molecule has 3 aliphatic heterocycles. The first-order valence-electron chi connectivity index (χ1n) is 20.3. The van der Waals surface area contributed by atoms with E-state index in [9.17, 15) is 71.2 Å². The molecule has 0 bridgehead atoms. The van der Waals surface area contributed by atoms with Crippen LogP contribution in [0.15, 0.2) is 65.1 Å². The number of aromatic hydroxyl groups is 4.